The standard InChI is InChI=1S/C36H30N2O4/c1-22-17-19-27(23(2)21-22)38-34(39)30-29-20-18-24-11-9-10-16-28(24)37(29)32(31(30)35(38)40)36(41)42-33(25-12-5-3-6-13-25)26-14-7-4-8-15-26/h3-21,29-33H,1-2H3/t29-,30+,31+,32-/m0/s1. The van der Waals surface area contributed by atoms with Gasteiger partial charge in [-0.05, 0) is 48.2 Å². The lowest BCUT2D eigenvalue weighted by molar-refractivity contribution is -0.151. The number of hydrogen-bond acceptors (Lipinski definition) is 5. The predicted molar refractivity (Wildman–Crippen MR) is 162 cm³/mol. The molecule has 2 saturated heterocycles. The summed E-state index contributed by atoms with van der Waals surface area (Å²) in [7, 11) is 0. The predicted octanol–water partition coefficient (Wildman–Crippen LogP) is 6.03. The Kier molecular flexibility index (Phi) is 6.27. The molecule has 6 heteroatoms. The fourth-order valence-electron chi connectivity index (χ4n) is 6.85. The lowest BCUT2D eigenvalue weighted by Gasteiger charge is -2.36. The van der Waals surface area contributed by atoms with E-state index < -0.39 is 36.0 Å². The van der Waals surface area contributed by atoms with Gasteiger partial charge >= 0.3 is 5.97 Å². The van der Waals surface area contributed by atoms with Crippen molar-refractivity contribution in [3.05, 3.63) is 137 Å². The van der Waals surface area contributed by atoms with Crippen LogP contribution < -0.4 is 9.80 Å². The Hall–Kier alpha value is -4.97. The van der Waals surface area contributed by atoms with Crippen LogP contribution in [0.2, 0.25) is 0 Å². The summed E-state index contributed by atoms with van der Waals surface area (Å²) in [5, 5.41) is 0. The number of amides is 2. The van der Waals surface area contributed by atoms with Crippen molar-refractivity contribution in [2.75, 3.05) is 9.80 Å². The molecule has 4 aromatic carbocycles. The van der Waals surface area contributed by atoms with Crippen molar-refractivity contribution in [1.82, 2.24) is 0 Å². The van der Waals surface area contributed by atoms with Crippen LogP contribution in [0.1, 0.15) is 33.9 Å². The van der Waals surface area contributed by atoms with E-state index in [1.807, 2.05) is 134 Å². The van der Waals surface area contributed by atoms with Crippen molar-refractivity contribution >= 4 is 35.2 Å². The van der Waals surface area contributed by atoms with Crippen LogP contribution >= 0.6 is 0 Å². The van der Waals surface area contributed by atoms with Gasteiger partial charge in [-0.3, -0.25) is 9.59 Å². The van der Waals surface area contributed by atoms with Gasteiger partial charge < -0.3 is 9.64 Å². The number of benzene rings is 4. The van der Waals surface area contributed by atoms with Crippen molar-refractivity contribution in [2.24, 2.45) is 11.8 Å². The summed E-state index contributed by atoms with van der Waals surface area (Å²) in [5.41, 5.74) is 5.85. The minimum absolute atomic E-state index is 0.283. The molecule has 7 rings (SSSR count). The van der Waals surface area contributed by atoms with Gasteiger partial charge in [0.25, 0.3) is 0 Å². The van der Waals surface area contributed by atoms with Gasteiger partial charge in [-0.15, -0.1) is 0 Å². The van der Waals surface area contributed by atoms with E-state index in [0.717, 1.165) is 33.5 Å². The highest BCUT2D eigenvalue weighted by Crippen LogP contribution is 2.50. The van der Waals surface area contributed by atoms with Gasteiger partial charge in [-0.1, -0.05) is 109 Å². The number of hydrogen-bond donors (Lipinski definition) is 0. The lowest BCUT2D eigenvalue weighted by atomic mass is 9.88. The normalized spacial score (nSPS) is 22.3. The van der Waals surface area contributed by atoms with Crippen LogP contribution in [0.4, 0.5) is 11.4 Å². The fraction of sp³-hybridized carbons (Fsp3) is 0.194. The lowest BCUT2D eigenvalue weighted by Crippen LogP contribution is -2.49. The zero-order valence-corrected chi connectivity index (χ0v) is 23.4. The SMILES string of the molecule is Cc1ccc(N2C(=O)[C@@H]3[C@H](C2=O)[C@@H]2C=Cc4ccccc4N2[C@@H]3C(=O)OC(c2ccccc2)c2ccccc2)c(C)c1. The van der Waals surface area contributed by atoms with Crippen molar-refractivity contribution < 1.29 is 19.1 Å². The van der Waals surface area contributed by atoms with E-state index in [1.165, 1.54) is 4.90 Å². The number of nitrogens with zero attached hydrogens (tertiary/aromatic N) is 2. The van der Waals surface area contributed by atoms with E-state index in [-0.39, 0.29) is 11.8 Å². The Morgan fingerprint density at radius 3 is 2.02 bits per heavy atom. The molecular weight excluding hydrogens is 524 g/mol. The third kappa shape index (κ3) is 4.05. The Balaban J connectivity index is 1.32. The van der Waals surface area contributed by atoms with Crippen LogP contribution in [-0.2, 0) is 19.1 Å². The fourth-order valence-corrected chi connectivity index (χ4v) is 6.85. The van der Waals surface area contributed by atoms with Gasteiger partial charge in [-0.25, -0.2) is 9.69 Å². The molecule has 0 spiro atoms. The Labute approximate surface area is 244 Å². The number of aryl methyl sites for hydroxylation is 2. The number of carbonyl (C=O) groups is 3. The summed E-state index contributed by atoms with van der Waals surface area (Å²) in [4.78, 5) is 46.1. The molecule has 2 amide bonds. The molecule has 0 saturated carbocycles. The molecule has 0 bridgehead atoms. The summed E-state index contributed by atoms with van der Waals surface area (Å²) in [5.74, 6) is -2.78. The van der Waals surface area contributed by atoms with Crippen LogP contribution in [-0.4, -0.2) is 29.9 Å². The second-order valence-corrected chi connectivity index (χ2v) is 11.3. The zero-order chi connectivity index (χ0) is 29.0. The number of anilines is 2. The molecule has 0 N–H and O–H groups in total. The molecule has 4 aromatic rings. The van der Waals surface area contributed by atoms with Crippen LogP contribution in [0.3, 0.4) is 0 Å². The molecule has 3 aliphatic rings. The van der Waals surface area contributed by atoms with Crippen LogP contribution in [0.5, 0.6) is 0 Å². The third-order valence-corrected chi connectivity index (χ3v) is 8.69. The molecule has 0 radical (unpaired) electrons. The van der Waals surface area contributed by atoms with Crippen molar-refractivity contribution in [3.8, 4) is 0 Å². The van der Waals surface area contributed by atoms with Gasteiger partial charge in [0.15, 0.2) is 6.10 Å². The average molecular weight is 555 g/mol. The topological polar surface area (TPSA) is 66.9 Å². The first kappa shape index (κ1) is 26.0. The zero-order valence-electron chi connectivity index (χ0n) is 23.4. The van der Waals surface area contributed by atoms with Gasteiger partial charge in [-0.2, -0.15) is 0 Å². The highest BCUT2D eigenvalue weighted by Gasteiger charge is 2.65. The summed E-state index contributed by atoms with van der Waals surface area (Å²) in [6, 6.07) is 31.2. The average Bonchev–Trinajstić information content (AvgIpc) is 3.49. The first-order valence-corrected chi connectivity index (χ1v) is 14.2. The van der Waals surface area contributed by atoms with E-state index in [4.69, 9.17) is 4.74 Å². The maximum absolute atomic E-state index is 14.4. The highest BCUT2D eigenvalue weighted by atomic mass is 16.5. The molecule has 0 aliphatic carbocycles. The first-order chi connectivity index (χ1) is 20.4. The highest BCUT2D eigenvalue weighted by molar-refractivity contribution is 6.25. The summed E-state index contributed by atoms with van der Waals surface area (Å²) < 4.78 is 6.36. The molecule has 6 nitrogen and oxygen atoms in total. The van der Waals surface area contributed by atoms with Crippen LogP contribution in [0.25, 0.3) is 6.08 Å². The first-order valence-electron chi connectivity index (χ1n) is 14.2. The number of imide groups is 1. The molecule has 2 fully saturated rings. The van der Waals surface area contributed by atoms with Crippen molar-refractivity contribution in [2.45, 2.75) is 32.0 Å². The third-order valence-electron chi connectivity index (χ3n) is 8.69. The smallest absolute Gasteiger partial charge is 0.330 e. The maximum Gasteiger partial charge on any atom is 0.330 e. The second kappa shape index (κ2) is 10.1. The van der Waals surface area contributed by atoms with Crippen molar-refractivity contribution in [3.63, 3.8) is 0 Å². The summed E-state index contributed by atoms with van der Waals surface area (Å²) >= 11 is 0. The molecule has 208 valence electrons. The Morgan fingerprint density at radius 2 is 1.36 bits per heavy atom. The minimum atomic E-state index is -0.978. The molecule has 4 atom stereocenters. The molecule has 0 unspecified atom stereocenters. The van der Waals surface area contributed by atoms with Gasteiger partial charge in [0, 0.05) is 5.69 Å². The summed E-state index contributed by atoms with van der Waals surface area (Å²) in [6.07, 6.45) is 3.27. The maximum atomic E-state index is 14.4. The summed E-state index contributed by atoms with van der Waals surface area (Å²) in [6.45, 7) is 3.87. The molecule has 3 heterocycles. The van der Waals surface area contributed by atoms with Gasteiger partial charge in [0.05, 0.1) is 23.6 Å². The van der Waals surface area contributed by atoms with E-state index in [0.29, 0.717) is 5.69 Å². The monoisotopic (exact) mass is 554 g/mol. The Bertz CT molecular complexity index is 1690. The quantitative estimate of drug-likeness (QED) is 0.223. The van der Waals surface area contributed by atoms with E-state index in [9.17, 15) is 14.4 Å². The van der Waals surface area contributed by atoms with E-state index in [2.05, 4.69) is 0 Å². The molecule has 42 heavy (non-hydrogen) atoms. The van der Waals surface area contributed by atoms with Crippen LogP contribution in [0.15, 0.2) is 109 Å². The van der Waals surface area contributed by atoms with Crippen LogP contribution in [0, 0.1) is 25.7 Å². The number of ether oxygens (including phenoxy) is 1. The van der Waals surface area contributed by atoms with E-state index in [1.54, 1.807) is 0 Å². The number of rotatable bonds is 5. The number of esters is 1. The number of carbonyl (C=O) groups excluding carboxylic acids is 3. The number of fused-ring (bicyclic) bond motifs is 5. The second-order valence-electron chi connectivity index (χ2n) is 11.3. The minimum Gasteiger partial charge on any atom is -0.451 e. The van der Waals surface area contributed by atoms with Gasteiger partial charge in [0.1, 0.15) is 6.04 Å². The Morgan fingerprint density at radius 1 is 0.738 bits per heavy atom. The van der Waals surface area contributed by atoms with Crippen molar-refractivity contribution in [1.29, 1.82) is 0 Å². The largest absolute Gasteiger partial charge is 0.451 e. The molecule has 3 aliphatic heterocycles. The van der Waals surface area contributed by atoms with E-state index >= 15 is 0 Å². The molecule has 0 aromatic heterocycles. The number of para-hydroxylation sites is 1. The van der Waals surface area contributed by atoms with Gasteiger partial charge in [0.2, 0.25) is 11.8 Å². The molecular formula is C36H30N2O4.